The van der Waals surface area contributed by atoms with Crippen LogP contribution in [-0.4, -0.2) is 85.7 Å². The molecule has 0 aromatic heterocycles. The lowest BCUT2D eigenvalue weighted by molar-refractivity contribution is -0.348. The molecule has 73 heavy (non-hydrogen) atoms. The fourth-order valence-electron chi connectivity index (χ4n) is 8.92. The van der Waals surface area contributed by atoms with Gasteiger partial charge in [-0.2, -0.15) is 0 Å². The number of rotatable bonds is 24. The third-order valence-electron chi connectivity index (χ3n) is 12.7. The first-order valence-corrected chi connectivity index (χ1v) is 24.8. The molecule has 2 heterocycles. The predicted octanol–water partition coefficient (Wildman–Crippen LogP) is 9.81. The summed E-state index contributed by atoms with van der Waals surface area (Å²) in [4.78, 5) is 13.6. The maximum absolute atomic E-state index is 13.6. The Labute approximate surface area is 427 Å². The summed E-state index contributed by atoms with van der Waals surface area (Å²) in [6.07, 6.45) is -9.69. The second-order valence-electron chi connectivity index (χ2n) is 18.0. The van der Waals surface area contributed by atoms with Crippen molar-refractivity contribution in [3.8, 4) is 0 Å². The molecule has 378 valence electrons. The van der Waals surface area contributed by atoms with Gasteiger partial charge in [0.1, 0.15) is 55.4 Å². The zero-order chi connectivity index (χ0) is 49.9. The van der Waals surface area contributed by atoms with Crippen LogP contribution >= 0.6 is 0 Å². The lowest BCUT2D eigenvalue weighted by Gasteiger charge is -2.47. The minimum Gasteiger partial charge on any atom is -0.459 e. The Hall–Kier alpha value is -6.39. The average molecular weight is 987 g/mol. The average Bonchev–Trinajstić information content (AvgIpc) is 3.45. The van der Waals surface area contributed by atoms with E-state index in [0.29, 0.717) is 5.56 Å². The van der Waals surface area contributed by atoms with Gasteiger partial charge in [0.25, 0.3) is 0 Å². The van der Waals surface area contributed by atoms with Crippen LogP contribution in [0.25, 0.3) is 0 Å². The lowest BCUT2D eigenvalue weighted by atomic mass is 9.97. The van der Waals surface area contributed by atoms with E-state index in [4.69, 9.17) is 47.4 Å². The molecule has 1 N–H and O–H groups in total. The van der Waals surface area contributed by atoms with Gasteiger partial charge < -0.3 is 52.5 Å². The molecule has 2 aliphatic rings. The van der Waals surface area contributed by atoms with Crippen LogP contribution in [-0.2, 0) is 87.0 Å². The molecule has 12 heteroatoms. The van der Waals surface area contributed by atoms with Gasteiger partial charge in [0.05, 0.1) is 51.8 Å². The van der Waals surface area contributed by atoms with Gasteiger partial charge in [-0.15, -0.1) is 0 Å². The summed E-state index contributed by atoms with van der Waals surface area (Å²) in [6, 6.07) is 67.6. The zero-order valence-electron chi connectivity index (χ0n) is 40.6. The van der Waals surface area contributed by atoms with Crippen LogP contribution in [0.15, 0.2) is 212 Å². The third kappa shape index (κ3) is 14.9. The molecule has 0 aliphatic carbocycles. The highest BCUT2D eigenvalue weighted by Crippen LogP contribution is 2.34. The summed E-state index contributed by atoms with van der Waals surface area (Å²) in [7, 11) is 0. The monoisotopic (exact) mass is 986 g/mol. The Morgan fingerprint density at radius 3 is 1.03 bits per heavy atom. The fourth-order valence-corrected chi connectivity index (χ4v) is 8.92. The van der Waals surface area contributed by atoms with Crippen LogP contribution in [0.2, 0.25) is 0 Å². The van der Waals surface area contributed by atoms with Gasteiger partial charge in [0.15, 0.2) is 12.6 Å². The van der Waals surface area contributed by atoms with E-state index in [0.717, 1.165) is 33.4 Å². The van der Waals surface area contributed by atoms with Gasteiger partial charge in [-0.25, -0.2) is 4.79 Å². The van der Waals surface area contributed by atoms with Crippen LogP contribution in [0.4, 0.5) is 0 Å². The molecule has 0 spiro atoms. The van der Waals surface area contributed by atoms with E-state index in [1.807, 2.05) is 188 Å². The summed E-state index contributed by atoms with van der Waals surface area (Å²) in [6.45, 7) is 0.796. The molecule has 0 unspecified atom stereocenters. The summed E-state index contributed by atoms with van der Waals surface area (Å²) in [5, 5.41) is 12.0. The van der Waals surface area contributed by atoms with Crippen molar-refractivity contribution >= 4 is 5.97 Å². The van der Waals surface area contributed by atoms with Gasteiger partial charge in [-0.05, 0) is 45.5 Å². The molecule has 10 atom stereocenters. The molecule has 0 amide bonds. The molecule has 2 fully saturated rings. The second kappa shape index (κ2) is 27.1. The molecular formula is C61H62O12. The fraction of sp³-hybridized carbons (Fsp3) is 0.295. The molecule has 12 nitrogen and oxygen atoms in total. The highest BCUT2D eigenvalue weighted by Gasteiger charge is 2.52. The smallest absolute Gasteiger partial charge is 0.338 e. The van der Waals surface area contributed by atoms with Gasteiger partial charge in [0, 0.05) is 0 Å². The summed E-state index contributed by atoms with van der Waals surface area (Å²) >= 11 is 0. The Kier molecular flexibility index (Phi) is 19.1. The van der Waals surface area contributed by atoms with E-state index in [-0.39, 0.29) is 52.9 Å². The molecule has 0 radical (unpaired) electrons. The van der Waals surface area contributed by atoms with Crippen molar-refractivity contribution in [1.82, 2.24) is 0 Å². The molecule has 7 aromatic carbocycles. The standard InChI is InChI=1S/C61H62O12/c62-59(50-34-20-7-21-35-50)70-42-52-54(65-37-45-24-10-2-11-25-45)56(67-39-47-28-14-4-15-29-47)58(69-41-49-32-18-6-19-33-49)61(73-52)71-43-51-53(64-36-44-22-8-1-9-23-44)55(66-38-46-26-12-3-13-27-46)57(60(63)72-51)68-40-48-30-16-5-17-31-48/h1-35,51-58,60-61,63H,36-43H2/t51-,52-,53-,54-,55+,56+,57-,58-,60+,61+/m1/s1. The number of hydrogen-bond donors (Lipinski definition) is 1. The van der Waals surface area contributed by atoms with Crippen molar-refractivity contribution in [2.45, 2.75) is 101 Å². The van der Waals surface area contributed by atoms with Crippen LogP contribution in [0.3, 0.4) is 0 Å². The molecule has 9 rings (SSSR count). The largest absolute Gasteiger partial charge is 0.459 e. The Balaban J connectivity index is 1.05. The number of hydrogen-bond acceptors (Lipinski definition) is 12. The second-order valence-corrected chi connectivity index (χ2v) is 18.0. The third-order valence-corrected chi connectivity index (χ3v) is 12.7. The number of aliphatic hydroxyl groups excluding tert-OH is 1. The van der Waals surface area contributed by atoms with Crippen molar-refractivity contribution in [1.29, 1.82) is 0 Å². The minimum absolute atomic E-state index is 0.166. The van der Waals surface area contributed by atoms with Crippen molar-refractivity contribution < 1.29 is 57.3 Å². The first kappa shape index (κ1) is 51.5. The van der Waals surface area contributed by atoms with E-state index in [1.54, 1.807) is 24.3 Å². The minimum atomic E-state index is -1.45. The highest BCUT2D eigenvalue weighted by atomic mass is 16.7. The molecule has 7 aromatic rings. The van der Waals surface area contributed by atoms with Gasteiger partial charge in [-0.3, -0.25) is 0 Å². The first-order chi connectivity index (χ1) is 36.0. The van der Waals surface area contributed by atoms with E-state index in [2.05, 4.69) is 0 Å². The van der Waals surface area contributed by atoms with E-state index in [9.17, 15) is 9.90 Å². The topological polar surface area (TPSA) is 130 Å². The van der Waals surface area contributed by atoms with Crippen molar-refractivity contribution in [2.75, 3.05) is 13.2 Å². The molecule has 0 bridgehead atoms. The van der Waals surface area contributed by atoms with Crippen molar-refractivity contribution in [2.24, 2.45) is 0 Å². The summed E-state index contributed by atoms with van der Waals surface area (Å²) < 4.78 is 67.0. The van der Waals surface area contributed by atoms with E-state index in [1.165, 1.54) is 0 Å². The Morgan fingerprint density at radius 2 is 0.644 bits per heavy atom. The number of carbonyl (C=O) groups excluding carboxylic acids is 1. The normalized spacial score (nSPS) is 23.9. The number of aliphatic hydroxyl groups is 1. The first-order valence-electron chi connectivity index (χ1n) is 24.8. The number of ether oxygens (including phenoxy) is 10. The van der Waals surface area contributed by atoms with Crippen LogP contribution in [0.1, 0.15) is 43.7 Å². The SMILES string of the molecule is O=C(OC[C@H]1O[C@H](OC[C@H]2O[C@H](O)[C@H](OCc3ccccc3)[C@@H](OCc3ccccc3)[C@@H]2OCc2ccccc2)[C@H](OCc2ccccc2)[C@@H](OCc2ccccc2)[C@@H]1OCc1ccccc1)c1ccccc1. The predicted molar refractivity (Wildman–Crippen MR) is 272 cm³/mol. The van der Waals surface area contributed by atoms with Crippen LogP contribution < -0.4 is 0 Å². The molecule has 2 aliphatic heterocycles. The highest BCUT2D eigenvalue weighted by molar-refractivity contribution is 5.89. The number of carbonyl (C=O) groups is 1. The zero-order valence-corrected chi connectivity index (χ0v) is 40.6. The van der Waals surface area contributed by atoms with Gasteiger partial charge in [-0.1, -0.05) is 200 Å². The van der Waals surface area contributed by atoms with Gasteiger partial charge in [0.2, 0.25) is 0 Å². The van der Waals surface area contributed by atoms with Gasteiger partial charge >= 0.3 is 5.97 Å². The van der Waals surface area contributed by atoms with E-state index >= 15 is 0 Å². The Bertz CT molecular complexity index is 2630. The molecular weight excluding hydrogens is 925 g/mol. The van der Waals surface area contributed by atoms with Crippen LogP contribution in [0.5, 0.6) is 0 Å². The molecule has 0 saturated carbocycles. The van der Waals surface area contributed by atoms with E-state index < -0.39 is 67.4 Å². The summed E-state index contributed by atoms with van der Waals surface area (Å²) in [5.74, 6) is -0.527. The van der Waals surface area contributed by atoms with Crippen LogP contribution in [0, 0.1) is 0 Å². The van der Waals surface area contributed by atoms with Crippen molar-refractivity contribution in [3.05, 3.63) is 251 Å². The Morgan fingerprint density at radius 1 is 0.342 bits per heavy atom. The quantitative estimate of drug-likeness (QED) is 0.0579. The number of benzene rings is 7. The summed E-state index contributed by atoms with van der Waals surface area (Å²) in [5.41, 5.74) is 5.92. The maximum atomic E-state index is 13.6. The molecule has 2 saturated heterocycles. The number of esters is 1. The lowest BCUT2D eigenvalue weighted by Crippen LogP contribution is -2.63. The maximum Gasteiger partial charge on any atom is 0.338 e. The van der Waals surface area contributed by atoms with Crippen molar-refractivity contribution in [3.63, 3.8) is 0 Å².